The third-order valence-electron chi connectivity index (χ3n) is 8.24. The zero-order valence-corrected chi connectivity index (χ0v) is 23.7. The topological polar surface area (TPSA) is 149 Å². The van der Waals surface area contributed by atoms with Gasteiger partial charge in [-0.05, 0) is 61.2 Å². The minimum Gasteiger partial charge on any atom is -0.431 e. The van der Waals surface area contributed by atoms with Gasteiger partial charge in [0.1, 0.15) is 37.1 Å². The fraction of sp³-hybridized carbons (Fsp3) is 0.893. The maximum Gasteiger partial charge on any atom is 0.509 e. The molecular weight excluding hydrogens is 496 g/mol. The Labute approximate surface area is 226 Å². The summed E-state index contributed by atoms with van der Waals surface area (Å²) in [4.78, 5) is 36.2. The first-order chi connectivity index (χ1) is 17.8. The predicted octanol–water partition coefficient (Wildman–Crippen LogP) is 3.86. The molecule has 0 aromatic heterocycles. The van der Waals surface area contributed by atoms with E-state index in [1.165, 1.54) is 0 Å². The average Bonchev–Trinajstić information content (AvgIpc) is 2.84. The Morgan fingerprint density at radius 1 is 0.789 bits per heavy atom. The standard InChI is InChI=1S/C28H48O10/c1-15(2)19-9-7-17(5)11-22(19)36-27(33)35-14-21(30)25(31)26(32)24(13-29)38-28(34)37-23-12-18(6)8-10-20(23)16(3)4/h13,15-26,30-32H,7-12,14H2,1-6H3/t17?,18?,19?,20?,21-,22?,23?,24+,25-,26-/m1/s1. The molecule has 38 heavy (non-hydrogen) atoms. The zero-order valence-electron chi connectivity index (χ0n) is 23.7. The van der Waals surface area contributed by atoms with Crippen molar-refractivity contribution >= 4 is 18.6 Å². The van der Waals surface area contributed by atoms with Crippen molar-refractivity contribution in [2.24, 2.45) is 35.5 Å². The number of rotatable bonds is 11. The summed E-state index contributed by atoms with van der Waals surface area (Å²) in [5.41, 5.74) is 0. The summed E-state index contributed by atoms with van der Waals surface area (Å²) in [6.07, 6.45) is -4.78. The molecule has 220 valence electrons. The molecular formula is C28H48O10. The number of carbonyl (C=O) groups excluding carboxylic acids is 3. The first kappa shape index (κ1) is 32.3. The van der Waals surface area contributed by atoms with Crippen LogP contribution in [0.1, 0.15) is 80.1 Å². The van der Waals surface area contributed by atoms with Crippen LogP contribution in [0.3, 0.4) is 0 Å². The van der Waals surface area contributed by atoms with E-state index in [9.17, 15) is 29.7 Å². The molecule has 0 aliphatic heterocycles. The molecule has 0 spiro atoms. The fourth-order valence-corrected chi connectivity index (χ4v) is 5.77. The lowest BCUT2D eigenvalue weighted by molar-refractivity contribution is -0.145. The maximum absolute atomic E-state index is 12.4. The van der Waals surface area contributed by atoms with E-state index >= 15 is 0 Å². The van der Waals surface area contributed by atoms with Gasteiger partial charge in [-0.25, -0.2) is 9.59 Å². The molecule has 0 aromatic rings. The smallest absolute Gasteiger partial charge is 0.431 e. The molecule has 0 radical (unpaired) electrons. The molecule has 2 fully saturated rings. The van der Waals surface area contributed by atoms with Gasteiger partial charge in [0.15, 0.2) is 12.4 Å². The van der Waals surface area contributed by atoms with Crippen LogP contribution in [0.5, 0.6) is 0 Å². The van der Waals surface area contributed by atoms with E-state index in [1.807, 2.05) is 13.8 Å². The first-order valence-electron chi connectivity index (χ1n) is 14.0. The number of aldehydes is 1. The van der Waals surface area contributed by atoms with E-state index < -0.39 is 43.3 Å². The second-order valence-electron chi connectivity index (χ2n) is 12.0. The summed E-state index contributed by atoms with van der Waals surface area (Å²) < 4.78 is 20.9. The summed E-state index contributed by atoms with van der Waals surface area (Å²) in [6, 6.07) is 0. The van der Waals surface area contributed by atoms with Crippen molar-refractivity contribution in [3.8, 4) is 0 Å². The Morgan fingerprint density at radius 2 is 1.26 bits per heavy atom. The van der Waals surface area contributed by atoms with E-state index in [2.05, 4.69) is 27.7 Å². The minimum atomic E-state index is -1.97. The van der Waals surface area contributed by atoms with Crippen molar-refractivity contribution in [3.05, 3.63) is 0 Å². The van der Waals surface area contributed by atoms with E-state index in [4.69, 9.17) is 18.9 Å². The predicted molar refractivity (Wildman–Crippen MR) is 138 cm³/mol. The molecule has 2 aliphatic carbocycles. The molecule has 0 bridgehead atoms. The lowest BCUT2D eigenvalue weighted by atomic mass is 9.75. The van der Waals surface area contributed by atoms with Gasteiger partial charge in [0, 0.05) is 0 Å². The number of aliphatic hydroxyl groups excluding tert-OH is 3. The van der Waals surface area contributed by atoms with Crippen LogP contribution >= 0.6 is 0 Å². The van der Waals surface area contributed by atoms with Crippen molar-refractivity contribution in [3.63, 3.8) is 0 Å². The van der Waals surface area contributed by atoms with Gasteiger partial charge < -0.3 is 34.3 Å². The van der Waals surface area contributed by atoms with Crippen LogP contribution in [0.25, 0.3) is 0 Å². The summed E-state index contributed by atoms with van der Waals surface area (Å²) in [7, 11) is 0. The van der Waals surface area contributed by atoms with Crippen LogP contribution in [-0.4, -0.2) is 77.1 Å². The molecule has 2 rings (SSSR count). The van der Waals surface area contributed by atoms with Gasteiger partial charge in [0.2, 0.25) is 0 Å². The summed E-state index contributed by atoms with van der Waals surface area (Å²) in [5, 5.41) is 31.0. The highest BCUT2D eigenvalue weighted by molar-refractivity contribution is 5.66. The third kappa shape index (κ3) is 9.38. The van der Waals surface area contributed by atoms with Gasteiger partial charge in [0.05, 0.1) is 0 Å². The highest BCUT2D eigenvalue weighted by atomic mass is 16.7. The average molecular weight is 545 g/mol. The number of hydrogen-bond acceptors (Lipinski definition) is 10. The number of ether oxygens (including phenoxy) is 4. The van der Waals surface area contributed by atoms with Gasteiger partial charge in [-0.2, -0.15) is 0 Å². The summed E-state index contributed by atoms with van der Waals surface area (Å²) >= 11 is 0. The van der Waals surface area contributed by atoms with Gasteiger partial charge in [0.25, 0.3) is 0 Å². The normalized spacial score (nSPS) is 31.1. The van der Waals surface area contributed by atoms with Crippen molar-refractivity contribution in [2.45, 2.75) is 117 Å². The van der Waals surface area contributed by atoms with E-state index in [0.29, 0.717) is 30.6 Å². The van der Waals surface area contributed by atoms with Gasteiger partial charge in [-0.15, -0.1) is 0 Å². The molecule has 10 heteroatoms. The molecule has 6 unspecified atom stereocenters. The number of carbonyl (C=O) groups is 3. The second kappa shape index (κ2) is 15.0. The quantitative estimate of drug-likeness (QED) is 0.258. The van der Waals surface area contributed by atoms with Crippen LogP contribution < -0.4 is 0 Å². The van der Waals surface area contributed by atoms with Crippen LogP contribution in [0.4, 0.5) is 9.59 Å². The van der Waals surface area contributed by atoms with Crippen molar-refractivity contribution in [1.82, 2.24) is 0 Å². The first-order valence-corrected chi connectivity index (χ1v) is 14.0. The number of hydrogen-bond donors (Lipinski definition) is 3. The third-order valence-corrected chi connectivity index (χ3v) is 8.24. The number of aliphatic hydroxyl groups is 3. The molecule has 0 heterocycles. The second-order valence-corrected chi connectivity index (χ2v) is 12.0. The van der Waals surface area contributed by atoms with Crippen molar-refractivity contribution in [2.75, 3.05) is 6.61 Å². The molecule has 0 amide bonds. The monoisotopic (exact) mass is 544 g/mol. The summed E-state index contributed by atoms with van der Waals surface area (Å²) in [6.45, 7) is 11.7. The summed E-state index contributed by atoms with van der Waals surface area (Å²) in [5.74, 6) is 1.75. The molecule has 10 atom stereocenters. The fourth-order valence-electron chi connectivity index (χ4n) is 5.77. The van der Waals surface area contributed by atoms with E-state index in [-0.39, 0.29) is 36.2 Å². The van der Waals surface area contributed by atoms with Crippen LogP contribution in [0, 0.1) is 35.5 Å². The Hall–Kier alpha value is -1.91. The van der Waals surface area contributed by atoms with Crippen LogP contribution in [-0.2, 0) is 23.7 Å². The molecule has 10 nitrogen and oxygen atoms in total. The van der Waals surface area contributed by atoms with Crippen molar-refractivity contribution in [1.29, 1.82) is 0 Å². The molecule has 2 saturated carbocycles. The largest absolute Gasteiger partial charge is 0.509 e. The van der Waals surface area contributed by atoms with Crippen LogP contribution in [0.2, 0.25) is 0 Å². The van der Waals surface area contributed by atoms with E-state index in [0.717, 1.165) is 25.7 Å². The zero-order chi connectivity index (χ0) is 28.6. The van der Waals surface area contributed by atoms with Gasteiger partial charge >= 0.3 is 12.3 Å². The van der Waals surface area contributed by atoms with Crippen LogP contribution in [0.15, 0.2) is 0 Å². The minimum absolute atomic E-state index is 0.148. The maximum atomic E-state index is 12.4. The lowest BCUT2D eigenvalue weighted by Crippen LogP contribution is -2.49. The van der Waals surface area contributed by atoms with Crippen molar-refractivity contribution < 1.29 is 48.7 Å². The molecule has 3 N–H and O–H groups in total. The molecule has 0 aromatic carbocycles. The van der Waals surface area contributed by atoms with E-state index in [1.54, 1.807) is 0 Å². The highest BCUT2D eigenvalue weighted by Gasteiger charge is 2.38. The molecule has 2 aliphatic rings. The lowest BCUT2D eigenvalue weighted by Gasteiger charge is -2.36. The Morgan fingerprint density at radius 3 is 1.71 bits per heavy atom. The van der Waals surface area contributed by atoms with Gasteiger partial charge in [-0.3, -0.25) is 4.79 Å². The Balaban J connectivity index is 1.85. The Kier molecular flexibility index (Phi) is 12.8. The Bertz CT molecular complexity index is 756. The van der Waals surface area contributed by atoms with Gasteiger partial charge in [-0.1, -0.05) is 54.4 Å². The SMILES string of the molecule is CC1CCC(C(C)C)C(OC(=O)OC[C@@H](O)[C@@H](O)[C@H](O)[C@H](C=O)OC(=O)OC2CC(C)CCC2C(C)C)C1. The highest BCUT2D eigenvalue weighted by Crippen LogP contribution is 2.36. The molecule has 0 saturated heterocycles.